The number of rotatable bonds is 6. The lowest BCUT2D eigenvalue weighted by molar-refractivity contribution is 0.102. The third-order valence-electron chi connectivity index (χ3n) is 4.69. The Morgan fingerprint density at radius 2 is 1.87 bits per heavy atom. The van der Waals surface area contributed by atoms with Crippen LogP contribution in [0.5, 0.6) is 5.75 Å². The molecule has 2 aromatic carbocycles. The quantitative estimate of drug-likeness (QED) is 0.374. The Kier molecular flexibility index (Phi) is 5.37. The first-order valence-electron chi connectivity index (χ1n) is 9.13. The number of carbonyl (C=O) groups is 1. The molecular formula is C21H18FN5O2S. The second-order valence-corrected chi connectivity index (χ2v) is 7.62. The Balaban J connectivity index is 1.55. The van der Waals surface area contributed by atoms with Gasteiger partial charge < -0.3 is 9.67 Å². The lowest BCUT2D eigenvalue weighted by atomic mass is 10.2. The number of halogens is 1. The summed E-state index contributed by atoms with van der Waals surface area (Å²) in [6.45, 7) is 3.65. The molecule has 0 atom stereocenters. The van der Waals surface area contributed by atoms with Gasteiger partial charge in [0.1, 0.15) is 11.6 Å². The van der Waals surface area contributed by atoms with E-state index in [2.05, 4.69) is 15.5 Å². The fraction of sp³-hybridized carbons (Fsp3) is 0.143. The average molecular weight is 423 g/mol. The topological polar surface area (TPSA) is 85.8 Å². The van der Waals surface area contributed by atoms with Crippen LogP contribution in [-0.4, -0.2) is 41.4 Å². The van der Waals surface area contributed by atoms with E-state index in [9.17, 15) is 14.3 Å². The van der Waals surface area contributed by atoms with Crippen LogP contribution in [0.1, 0.15) is 21.7 Å². The fourth-order valence-electron chi connectivity index (χ4n) is 3.28. The van der Waals surface area contributed by atoms with E-state index in [1.54, 1.807) is 47.9 Å². The van der Waals surface area contributed by atoms with E-state index in [1.807, 2.05) is 6.92 Å². The maximum Gasteiger partial charge on any atom is 0.214 e. The van der Waals surface area contributed by atoms with Crippen LogP contribution in [0.3, 0.4) is 0 Å². The van der Waals surface area contributed by atoms with Gasteiger partial charge in [-0.1, -0.05) is 23.9 Å². The molecule has 0 amide bonds. The highest BCUT2D eigenvalue weighted by Gasteiger charge is 2.19. The molecule has 0 aliphatic rings. The van der Waals surface area contributed by atoms with Crippen molar-refractivity contribution in [2.75, 3.05) is 5.75 Å². The molecule has 152 valence electrons. The molecule has 2 heterocycles. The van der Waals surface area contributed by atoms with E-state index in [4.69, 9.17) is 0 Å². The van der Waals surface area contributed by atoms with Gasteiger partial charge in [0.25, 0.3) is 0 Å². The van der Waals surface area contributed by atoms with Gasteiger partial charge in [-0.2, -0.15) is 4.68 Å². The van der Waals surface area contributed by atoms with Crippen LogP contribution >= 0.6 is 11.8 Å². The van der Waals surface area contributed by atoms with Gasteiger partial charge in [-0.15, -0.1) is 5.10 Å². The Morgan fingerprint density at radius 3 is 2.60 bits per heavy atom. The molecule has 1 N–H and O–H groups in total. The number of tetrazole rings is 1. The van der Waals surface area contributed by atoms with Crippen molar-refractivity contribution >= 4 is 17.5 Å². The molecular weight excluding hydrogens is 405 g/mol. The van der Waals surface area contributed by atoms with Gasteiger partial charge >= 0.3 is 0 Å². The van der Waals surface area contributed by atoms with Crippen LogP contribution in [-0.2, 0) is 0 Å². The van der Waals surface area contributed by atoms with Crippen LogP contribution in [0.4, 0.5) is 4.39 Å². The normalized spacial score (nSPS) is 11.0. The minimum atomic E-state index is -0.347. The molecule has 4 rings (SSSR count). The number of ketones is 1. The Hall–Kier alpha value is -3.46. The second kappa shape index (κ2) is 8.11. The van der Waals surface area contributed by atoms with Crippen LogP contribution in [0, 0.1) is 19.7 Å². The summed E-state index contributed by atoms with van der Waals surface area (Å²) in [5.41, 5.74) is 3.08. The highest BCUT2D eigenvalue weighted by atomic mass is 32.2. The molecule has 0 aliphatic carbocycles. The number of nitrogens with zero attached hydrogens (tertiary/aromatic N) is 5. The number of hydrogen-bond acceptors (Lipinski definition) is 6. The third-order valence-corrected chi connectivity index (χ3v) is 5.61. The number of aromatic nitrogens is 5. The first-order valence-corrected chi connectivity index (χ1v) is 10.1. The lowest BCUT2D eigenvalue weighted by Crippen LogP contribution is -2.07. The first kappa shape index (κ1) is 19.8. The summed E-state index contributed by atoms with van der Waals surface area (Å²) in [7, 11) is 0. The minimum absolute atomic E-state index is 0.101. The van der Waals surface area contributed by atoms with Gasteiger partial charge in [-0.25, -0.2) is 4.39 Å². The van der Waals surface area contributed by atoms with Gasteiger partial charge in [0.05, 0.1) is 17.1 Å². The van der Waals surface area contributed by atoms with Crippen molar-refractivity contribution in [3.63, 3.8) is 0 Å². The molecule has 0 spiro atoms. The number of thioether (sulfide) groups is 1. The number of aromatic hydroxyl groups is 1. The van der Waals surface area contributed by atoms with E-state index in [1.165, 1.54) is 34.6 Å². The predicted molar refractivity (Wildman–Crippen MR) is 111 cm³/mol. The van der Waals surface area contributed by atoms with Crippen LogP contribution in [0.2, 0.25) is 0 Å². The number of carbonyl (C=O) groups excluding carboxylic acids is 1. The zero-order chi connectivity index (χ0) is 21.3. The first-order chi connectivity index (χ1) is 14.5. The molecule has 2 aromatic heterocycles. The van der Waals surface area contributed by atoms with Crippen molar-refractivity contribution in [3.05, 3.63) is 77.4 Å². The van der Waals surface area contributed by atoms with Gasteiger partial charge in [0, 0.05) is 17.0 Å². The summed E-state index contributed by atoms with van der Waals surface area (Å²) < 4.78 is 17.5. The summed E-state index contributed by atoms with van der Waals surface area (Å²) in [5, 5.41) is 21.5. The van der Waals surface area contributed by atoms with Crippen molar-refractivity contribution in [3.8, 4) is 17.1 Å². The van der Waals surface area contributed by atoms with Crippen LogP contribution < -0.4 is 0 Å². The monoisotopic (exact) mass is 423 g/mol. The summed E-state index contributed by atoms with van der Waals surface area (Å²) in [5.74, 6) is -0.182. The molecule has 0 radical (unpaired) electrons. The number of benzene rings is 2. The molecule has 0 aliphatic heterocycles. The van der Waals surface area contributed by atoms with Crippen molar-refractivity contribution in [1.82, 2.24) is 24.8 Å². The number of hydrogen-bond donors (Lipinski definition) is 1. The Morgan fingerprint density at radius 1 is 1.13 bits per heavy atom. The number of Topliss-reactive ketones (excluding diaryl/α,β-unsaturated/α-hetero) is 1. The molecule has 7 nitrogen and oxygen atoms in total. The van der Waals surface area contributed by atoms with Gasteiger partial charge in [-0.05, 0) is 66.7 Å². The Labute approximate surface area is 176 Å². The van der Waals surface area contributed by atoms with Crippen molar-refractivity contribution in [1.29, 1.82) is 0 Å². The van der Waals surface area contributed by atoms with Crippen LogP contribution in [0.15, 0.2) is 59.8 Å². The Bertz CT molecular complexity index is 1220. The molecule has 0 bridgehead atoms. The smallest absolute Gasteiger partial charge is 0.214 e. The van der Waals surface area contributed by atoms with Gasteiger partial charge in [0.2, 0.25) is 5.16 Å². The van der Waals surface area contributed by atoms with Gasteiger partial charge in [0.15, 0.2) is 5.78 Å². The van der Waals surface area contributed by atoms with E-state index in [-0.39, 0.29) is 23.1 Å². The molecule has 30 heavy (non-hydrogen) atoms. The van der Waals surface area contributed by atoms with Crippen molar-refractivity contribution in [2.24, 2.45) is 0 Å². The third kappa shape index (κ3) is 3.71. The number of phenols is 1. The highest BCUT2D eigenvalue weighted by Crippen LogP contribution is 2.26. The van der Waals surface area contributed by atoms with Gasteiger partial charge in [-0.3, -0.25) is 4.79 Å². The molecule has 0 fully saturated rings. The van der Waals surface area contributed by atoms with E-state index < -0.39 is 0 Å². The van der Waals surface area contributed by atoms with Crippen LogP contribution in [0.25, 0.3) is 11.4 Å². The largest absolute Gasteiger partial charge is 0.508 e. The molecule has 0 saturated heterocycles. The van der Waals surface area contributed by atoms with Crippen molar-refractivity contribution < 1.29 is 14.3 Å². The van der Waals surface area contributed by atoms with E-state index in [0.717, 1.165) is 5.69 Å². The predicted octanol–water partition coefficient (Wildman–Crippen LogP) is 3.89. The summed E-state index contributed by atoms with van der Waals surface area (Å²) in [6, 6.07) is 14.7. The maximum absolute atomic E-state index is 14.3. The molecule has 4 aromatic rings. The average Bonchev–Trinajstić information content (AvgIpc) is 3.32. The highest BCUT2D eigenvalue weighted by molar-refractivity contribution is 7.99. The molecule has 0 saturated carbocycles. The van der Waals surface area contributed by atoms with Crippen molar-refractivity contribution in [2.45, 2.75) is 19.0 Å². The second-order valence-electron chi connectivity index (χ2n) is 6.67. The zero-order valence-electron chi connectivity index (χ0n) is 16.3. The maximum atomic E-state index is 14.3. The zero-order valence-corrected chi connectivity index (χ0v) is 17.1. The standard InChI is InChI=1S/C21H18FN5O2S/c1-13-11-17(14(2)26(13)19-6-4-3-5-18(19)22)20(29)12-30-21-23-24-25-27(21)15-7-9-16(28)10-8-15/h3-11,28H,12H2,1-2H3. The summed E-state index contributed by atoms with van der Waals surface area (Å²) in [4.78, 5) is 12.9. The molecule has 0 unspecified atom stereocenters. The van der Waals surface area contributed by atoms with E-state index in [0.29, 0.717) is 27.8 Å². The summed E-state index contributed by atoms with van der Waals surface area (Å²) in [6.07, 6.45) is 0. The number of para-hydroxylation sites is 1. The number of aryl methyl sites for hydroxylation is 1. The SMILES string of the molecule is Cc1cc(C(=O)CSc2nnnn2-c2ccc(O)cc2)c(C)n1-c1ccccc1F. The van der Waals surface area contributed by atoms with E-state index >= 15 is 0 Å². The molecule has 9 heteroatoms. The fourth-order valence-corrected chi connectivity index (χ4v) is 4.06. The lowest BCUT2D eigenvalue weighted by Gasteiger charge is -2.10. The summed E-state index contributed by atoms with van der Waals surface area (Å²) >= 11 is 1.21. The minimum Gasteiger partial charge on any atom is -0.508 e. The number of phenolic OH excluding ortho intramolecular Hbond substituents is 1.